The van der Waals surface area contributed by atoms with E-state index < -0.39 is 0 Å². The van der Waals surface area contributed by atoms with E-state index in [4.69, 9.17) is 12.2 Å². The van der Waals surface area contributed by atoms with Crippen molar-refractivity contribution in [2.75, 3.05) is 26.2 Å². The van der Waals surface area contributed by atoms with Crippen molar-refractivity contribution in [2.45, 2.75) is 39.2 Å². The van der Waals surface area contributed by atoms with Crippen molar-refractivity contribution in [2.24, 2.45) is 0 Å². The molecule has 0 aliphatic carbocycles. The fourth-order valence-electron chi connectivity index (χ4n) is 2.01. The molecule has 0 aromatic rings. The molecule has 1 saturated heterocycles. The number of nitrogens with zero attached hydrogens (tertiary/aromatic N) is 1. The molecule has 0 bridgehead atoms. The number of rotatable bonds is 4. The van der Waals surface area contributed by atoms with E-state index in [2.05, 4.69) is 29.4 Å². The van der Waals surface area contributed by atoms with Crippen LogP contribution in [-0.4, -0.2) is 42.2 Å². The monoisotopic (exact) mass is 229 g/mol. The Hall–Kier alpha value is -0.350. The quantitative estimate of drug-likeness (QED) is 0.712. The van der Waals surface area contributed by atoms with Crippen molar-refractivity contribution in [1.82, 2.24) is 15.5 Å². The standard InChI is InChI=1S/C11H23N3S/c1-3-7-14-8-5-10(6-9-14)13-11(15)12-4-2/h10H,3-9H2,1-2H3,(H2,12,13,15). The molecule has 1 aliphatic rings. The predicted molar refractivity (Wildman–Crippen MR) is 69.2 cm³/mol. The minimum absolute atomic E-state index is 0.574. The molecule has 88 valence electrons. The first-order chi connectivity index (χ1) is 7.26. The first-order valence-corrected chi connectivity index (χ1v) is 6.43. The van der Waals surface area contributed by atoms with Gasteiger partial charge in [-0.1, -0.05) is 6.92 Å². The van der Waals surface area contributed by atoms with Gasteiger partial charge in [-0.2, -0.15) is 0 Å². The third kappa shape index (κ3) is 4.80. The Morgan fingerprint density at radius 1 is 1.33 bits per heavy atom. The third-order valence-electron chi connectivity index (χ3n) is 2.80. The Balaban J connectivity index is 2.16. The van der Waals surface area contributed by atoms with Crippen LogP contribution < -0.4 is 10.6 Å². The normalized spacial score (nSPS) is 18.8. The van der Waals surface area contributed by atoms with Crippen LogP contribution in [0.3, 0.4) is 0 Å². The molecule has 1 fully saturated rings. The van der Waals surface area contributed by atoms with Crippen LogP contribution in [0.2, 0.25) is 0 Å². The molecule has 4 heteroatoms. The summed E-state index contributed by atoms with van der Waals surface area (Å²) in [6.07, 6.45) is 3.69. The molecular formula is C11H23N3S. The molecule has 2 N–H and O–H groups in total. The SMILES string of the molecule is CCCN1CCC(NC(=S)NCC)CC1. The molecule has 1 heterocycles. The van der Waals surface area contributed by atoms with Gasteiger partial charge in [0.2, 0.25) is 0 Å². The van der Waals surface area contributed by atoms with E-state index in [-0.39, 0.29) is 0 Å². The van der Waals surface area contributed by atoms with Crippen molar-refractivity contribution in [3.8, 4) is 0 Å². The van der Waals surface area contributed by atoms with Gasteiger partial charge in [-0.3, -0.25) is 0 Å². The van der Waals surface area contributed by atoms with Gasteiger partial charge < -0.3 is 15.5 Å². The molecule has 0 atom stereocenters. The summed E-state index contributed by atoms with van der Waals surface area (Å²) < 4.78 is 0. The van der Waals surface area contributed by atoms with Crippen LogP contribution in [0.15, 0.2) is 0 Å². The summed E-state index contributed by atoms with van der Waals surface area (Å²) in [6, 6.07) is 0.574. The average molecular weight is 229 g/mol. The largest absolute Gasteiger partial charge is 0.363 e. The molecule has 0 unspecified atom stereocenters. The molecule has 3 nitrogen and oxygen atoms in total. The highest BCUT2D eigenvalue weighted by atomic mass is 32.1. The summed E-state index contributed by atoms with van der Waals surface area (Å²) >= 11 is 5.18. The highest BCUT2D eigenvalue weighted by molar-refractivity contribution is 7.80. The third-order valence-corrected chi connectivity index (χ3v) is 3.06. The van der Waals surface area contributed by atoms with E-state index in [1.807, 2.05) is 0 Å². The molecule has 0 saturated carbocycles. The molecule has 1 aliphatic heterocycles. The second-order valence-corrected chi connectivity index (χ2v) is 4.53. The fourth-order valence-corrected chi connectivity index (χ4v) is 2.33. The zero-order chi connectivity index (χ0) is 11.1. The molecule has 0 aromatic carbocycles. The average Bonchev–Trinajstić information content (AvgIpc) is 2.22. The maximum Gasteiger partial charge on any atom is 0.166 e. The molecule has 0 spiro atoms. The molecular weight excluding hydrogens is 206 g/mol. The topological polar surface area (TPSA) is 27.3 Å². The van der Waals surface area contributed by atoms with Crippen LogP contribution in [0, 0.1) is 0 Å². The summed E-state index contributed by atoms with van der Waals surface area (Å²) in [6.45, 7) is 8.87. The lowest BCUT2D eigenvalue weighted by atomic mass is 10.1. The van der Waals surface area contributed by atoms with Crippen LogP contribution >= 0.6 is 12.2 Å². The van der Waals surface area contributed by atoms with Crippen LogP contribution in [-0.2, 0) is 0 Å². The summed E-state index contributed by atoms with van der Waals surface area (Å²) in [5.41, 5.74) is 0. The Morgan fingerprint density at radius 2 is 2.00 bits per heavy atom. The molecule has 15 heavy (non-hydrogen) atoms. The minimum Gasteiger partial charge on any atom is -0.363 e. The molecule has 1 rings (SSSR count). The highest BCUT2D eigenvalue weighted by Crippen LogP contribution is 2.10. The van der Waals surface area contributed by atoms with Gasteiger partial charge in [0, 0.05) is 25.7 Å². The number of thiocarbonyl (C=S) groups is 1. The summed E-state index contributed by atoms with van der Waals surface area (Å²) in [4.78, 5) is 2.54. The lowest BCUT2D eigenvalue weighted by Crippen LogP contribution is -2.47. The van der Waals surface area contributed by atoms with E-state index in [1.165, 1.54) is 38.9 Å². The summed E-state index contributed by atoms with van der Waals surface area (Å²) in [7, 11) is 0. The molecule has 0 radical (unpaired) electrons. The first kappa shape index (κ1) is 12.7. The number of piperidine rings is 1. The van der Waals surface area contributed by atoms with Gasteiger partial charge in [-0.25, -0.2) is 0 Å². The van der Waals surface area contributed by atoms with E-state index in [0.29, 0.717) is 6.04 Å². The maximum absolute atomic E-state index is 5.18. The van der Waals surface area contributed by atoms with E-state index in [9.17, 15) is 0 Å². The van der Waals surface area contributed by atoms with Gasteiger partial charge in [0.1, 0.15) is 0 Å². The Morgan fingerprint density at radius 3 is 2.53 bits per heavy atom. The van der Waals surface area contributed by atoms with Gasteiger partial charge in [-0.15, -0.1) is 0 Å². The second-order valence-electron chi connectivity index (χ2n) is 4.12. The van der Waals surface area contributed by atoms with Crippen LogP contribution in [0.4, 0.5) is 0 Å². The number of nitrogens with one attached hydrogen (secondary N) is 2. The molecule has 0 amide bonds. The Bertz CT molecular complexity index is 188. The van der Waals surface area contributed by atoms with Crippen molar-refractivity contribution in [3.63, 3.8) is 0 Å². The van der Waals surface area contributed by atoms with Gasteiger partial charge in [0.05, 0.1) is 0 Å². The lowest BCUT2D eigenvalue weighted by Gasteiger charge is -2.32. The van der Waals surface area contributed by atoms with Crippen LogP contribution in [0.25, 0.3) is 0 Å². The Labute approximate surface area is 98.6 Å². The van der Waals surface area contributed by atoms with Crippen molar-refractivity contribution in [1.29, 1.82) is 0 Å². The van der Waals surface area contributed by atoms with E-state index in [1.54, 1.807) is 0 Å². The number of hydrogen-bond acceptors (Lipinski definition) is 2. The first-order valence-electron chi connectivity index (χ1n) is 6.03. The highest BCUT2D eigenvalue weighted by Gasteiger charge is 2.18. The lowest BCUT2D eigenvalue weighted by molar-refractivity contribution is 0.206. The van der Waals surface area contributed by atoms with E-state index in [0.717, 1.165) is 11.7 Å². The zero-order valence-corrected chi connectivity index (χ0v) is 10.7. The zero-order valence-electron chi connectivity index (χ0n) is 9.88. The maximum atomic E-state index is 5.18. The van der Waals surface area contributed by atoms with Gasteiger partial charge in [0.15, 0.2) is 5.11 Å². The van der Waals surface area contributed by atoms with Crippen LogP contribution in [0.1, 0.15) is 33.1 Å². The van der Waals surface area contributed by atoms with Crippen molar-refractivity contribution >= 4 is 17.3 Å². The fraction of sp³-hybridized carbons (Fsp3) is 0.909. The summed E-state index contributed by atoms with van der Waals surface area (Å²) in [5.74, 6) is 0. The van der Waals surface area contributed by atoms with E-state index >= 15 is 0 Å². The molecule has 0 aromatic heterocycles. The van der Waals surface area contributed by atoms with Gasteiger partial charge in [-0.05, 0) is 44.9 Å². The summed E-state index contributed by atoms with van der Waals surface area (Å²) in [5, 5.41) is 7.32. The number of likely N-dealkylation sites (tertiary alicyclic amines) is 1. The minimum atomic E-state index is 0.574. The van der Waals surface area contributed by atoms with Gasteiger partial charge in [0.25, 0.3) is 0 Å². The smallest absolute Gasteiger partial charge is 0.166 e. The second kappa shape index (κ2) is 7.01. The number of hydrogen-bond donors (Lipinski definition) is 2. The predicted octanol–water partition coefficient (Wildman–Crippen LogP) is 1.34. The van der Waals surface area contributed by atoms with Gasteiger partial charge >= 0.3 is 0 Å². The van der Waals surface area contributed by atoms with Crippen molar-refractivity contribution in [3.05, 3.63) is 0 Å². The Kier molecular flexibility index (Phi) is 5.95. The van der Waals surface area contributed by atoms with Crippen molar-refractivity contribution < 1.29 is 0 Å². The van der Waals surface area contributed by atoms with Crippen LogP contribution in [0.5, 0.6) is 0 Å².